The fourth-order valence-electron chi connectivity index (χ4n) is 2.75. The van der Waals surface area contributed by atoms with Crippen molar-refractivity contribution in [3.8, 4) is 10.6 Å². The van der Waals surface area contributed by atoms with E-state index in [4.69, 9.17) is 0 Å². The van der Waals surface area contributed by atoms with Crippen molar-refractivity contribution in [3.63, 3.8) is 0 Å². The molecule has 0 fully saturated rings. The van der Waals surface area contributed by atoms with Gasteiger partial charge in [-0.2, -0.15) is 0 Å². The molecule has 1 aromatic heterocycles. The molecule has 0 aliphatic carbocycles. The average Bonchev–Trinajstić information content (AvgIpc) is 3.13. The van der Waals surface area contributed by atoms with Gasteiger partial charge in [-0.3, -0.25) is 9.59 Å². The first-order valence-corrected chi connectivity index (χ1v) is 9.30. The number of aromatic nitrogens is 1. The molecule has 0 bridgehead atoms. The Kier molecular flexibility index (Phi) is 4.52. The van der Waals surface area contributed by atoms with E-state index in [9.17, 15) is 9.59 Å². The molecule has 4 aromatic rings. The fourth-order valence-corrected chi connectivity index (χ4v) is 3.72. The van der Waals surface area contributed by atoms with Crippen molar-refractivity contribution >= 4 is 38.9 Å². The van der Waals surface area contributed by atoms with Crippen molar-refractivity contribution in [1.29, 1.82) is 0 Å². The highest BCUT2D eigenvalue weighted by atomic mass is 32.1. The van der Waals surface area contributed by atoms with E-state index in [0.29, 0.717) is 16.8 Å². The monoisotopic (exact) mass is 372 g/mol. The van der Waals surface area contributed by atoms with Crippen molar-refractivity contribution in [2.45, 2.75) is 6.92 Å². The smallest absolute Gasteiger partial charge is 0.255 e. The number of nitrogens with one attached hydrogen (secondary N) is 1. The zero-order chi connectivity index (χ0) is 18.8. The third-order valence-corrected chi connectivity index (χ3v) is 5.32. The summed E-state index contributed by atoms with van der Waals surface area (Å²) in [5, 5.41) is 3.82. The van der Waals surface area contributed by atoms with Crippen LogP contribution in [0, 0.1) is 0 Å². The Morgan fingerprint density at radius 1 is 0.852 bits per heavy atom. The van der Waals surface area contributed by atoms with Gasteiger partial charge in [0.15, 0.2) is 5.78 Å². The Bertz CT molecular complexity index is 1100. The number of amides is 1. The predicted molar refractivity (Wildman–Crippen MR) is 109 cm³/mol. The standard InChI is InChI=1S/C22H16N2O2S/c1-14(25)15-6-8-16(9-7-15)21(26)23-18-12-10-17(11-13-18)22-24-19-4-2-3-5-20(19)27-22/h2-13H,1H3,(H,23,26). The summed E-state index contributed by atoms with van der Waals surface area (Å²) >= 11 is 1.64. The van der Waals surface area contributed by atoms with E-state index in [0.717, 1.165) is 20.8 Å². The van der Waals surface area contributed by atoms with Gasteiger partial charge in [-0.25, -0.2) is 4.98 Å². The number of carbonyl (C=O) groups is 2. The lowest BCUT2D eigenvalue weighted by atomic mass is 10.1. The van der Waals surface area contributed by atoms with Crippen LogP contribution in [-0.2, 0) is 0 Å². The van der Waals surface area contributed by atoms with Gasteiger partial charge in [0.1, 0.15) is 5.01 Å². The molecule has 0 spiro atoms. The number of fused-ring (bicyclic) bond motifs is 1. The van der Waals surface area contributed by atoms with Gasteiger partial charge in [-0.15, -0.1) is 11.3 Å². The molecule has 4 rings (SSSR count). The molecule has 1 amide bonds. The normalized spacial score (nSPS) is 10.7. The number of Topliss-reactive ketones (excluding diaryl/α,β-unsaturated/α-hetero) is 1. The summed E-state index contributed by atoms with van der Waals surface area (Å²) in [7, 11) is 0. The highest BCUT2D eigenvalue weighted by Crippen LogP contribution is 2.30. The fraction of sp³-hybridized carbons (Fsp3) is 0.0455. The molecule has 0 radical (unpaired) electrons. The minimum absolute atomic E-state index is 0.0209. The Morgan fingerprint density at radius 3 is 2.19 bits per heavy atom. The molecular weight excluding hydrogens is 356 g/mol. The molecular formula is C22H16N2O2S. The van der Waals surface area contributed by atoms with Gasteiger partial charge in [-0.1, -0.05) is 24.3 Å². The number of hydrogen-bond donors (Lipinski definition) is 1. The first kappa shape index (κ1) is 17.1. The van der Waals surface area contributed by atoms with Crippen molar-refractivity contribution in [2.75, 3.05) is 5.32 Å². The van der Waals surface area contributed by atoms with Crippen LogP contribution in [0.1, 0.15) is 27.6 Å². The molecule has 0 atom stereocenters. The molecule has 27 heavy (non-hydrogen) atoms. The van der Waals surface area contributed by atoms with E-state index in [-0.39, 0.29) is 11.7 Å². The van der Waals surface area contributed by atoms with Crippen LogP contribution in [-0.4, -0.2) is 16.7 Å². The number of carbonyl (C=O) groups excluding carboxylic acids is 2. The van der Waals surface area contributed by atoms with E-state index in [2.05, 4.69) is 16.4 Å². The number of hydrogen-bond acceptors (Lipinski definition) is 4. The zero-order valence-corrected chi connectivity index (χ0v) is 15.4. The summed E-state index contributed by atoms with van der Waals surface area (Å²) in [6.07, 6.45) is 0. The van der Waals surface area contributed by atoms with Crippen molar-refractivity contribution in [3.05, 3.63) is 83.9 Å². The molecule has 4 nitrogen and oxygen atoms in total. The van der Waals surface area contributed by atoms with Gasteiger partial charge < -0.3 is 5.32 Å². The lowest BCUT2D eigenvalue weighted by molar-refractivity contribution is 0.101. The average molecular weight is 372 g/mol. The number of para-hydroxylation sites is 1. The van der Waals surface area contributed by atoms with Crippen LogP contribution in [0.25, 0.3) is 20.8 Å². The molecule has 1 N–H and O–H groups in total. The van der Waals surface area contributed by atoms with Crippen LogP contribution in [0.3, 0.4) is 0 Å². The van der Waals surface area contributed by atoms with Crippen LogP contribution < -0.4 is 5.32 Å². The number of ketones is 1. The third kappa shape index (κ3) is 3.64. The highest BCUT2D eigenvalue weighted by molar-refractivity contribution is 7.21. The Balaban J connectivity index is 1.50. The topological polar surface area (TPSA) is 59.1 Å². The quantitative estimate of drug-likeness (QED) is 0.487. The highest BCUT2D eigenvalue weighted by Gasteiger charge is 2.09. The van der Waals surface area contributed by atoms with Gasteiger partial charge >= 0.3 is 0 Å². The number of anilines is 1. The molecule has 5 heteroatoms. The SMILES string of the molecule is CC(=O)c1ccc(C(=O)Nc2ccc(-c3nc4ccccc4s3)cc2)cc1. The summed E-state index contributed by atoms with van der Waals surface area (Å²) in [5.41, 5.74) is 3.81. The predicted octanol–water partition coefficient (Wildman–Crippen LogP) is 5.42. The van der Waals surface area contributed by atoms with Crippen LogP contribution in [0.5, 0.6) is 0 Å². The first-order chi connectivity index (χ1) is 13.1. The summed E-state index contributed by atoms with van der Waals surface area (Å²) in [5.74, 6) is -0.231. The largest absolute Gasteiger partial charge is 0.322 e. The van der Waals surface area contributed by atoms with Crippen LogP contribution in [0.4, 0.5) is 5.69 Å². The van der Waals surface area contributed by atoms with E-state index >= 15 is 0 Å². The van der Waals surface area contributed by atoms with E-state index in [1.165, 1.54) is 6.92 Å². The molecule has 3 aromatic carbocycles. The summed E-state index contributed by atoms with van der Waals surface area (Å²) in [6.45, 7) is 1.50. The maximum atomic E-state index is 12.4. The van der Waals surface area contributed by atoms with E-state index < -0.39 is 0 Å². The summed E-state index contributed by atoms with van der Waals surface area (Å²) in [4.78, 5) is 28.3. The molecule has 132 valence electrons. The Hall–Kier alpha value is -3.31. The van der Waals surface area contributed by atoms with Crippen LogP contribution >= 0.6 is 11.3 Å². The van der Waals surface area contributed by atoms with Gasteiger partial charge in [0.05, 0.1) is 10.2 Å². The molecule has 0 aliphatic rings. The Labute approximate surface area is 160 Å². The van der Waals surface area contributed by atoms with Gasteiger partial charge in [-0.05, 0) is 55.5 Å². The second-order valence-corrected chi connectivity index (χ2v) is 7.18. The van der Waals surface area contributed by atoms with Gasteiger partial charge in [0, 0.05) is 22.4 Å². The van der Waals surface area contributed by atoms with E-state index in [1.807, 2.05) is 42.5 Å². The van der Waals surface area contributed by atoms with Crippen molar-refractivity contribution < 1.29 is 9.59 Å². The zero-order valence-electron chi connectivity index (χ0n) is 14.6. The van der Waals surface area contributed by atoms with Gasteiger partial charge in [0.25, 0.3) is 5.91 Å². The second-order valence-electron chi connectivity index (χ2n) is 6.15. The second kappa shape index (κ2) is 7.13. The van der Waals surface area contributed by atoms with E-state index in [1.54, 1.807) is 35.6 Å². The molecule has 0 saturated carbocycles. The number of nitrogens with zero attached hydrogens (tertiary/aromatic N) is 1. The Morgan fingerprint density at radius 2 is 1.52 bits per heavy atom. The van der Waals surface area contributed by atoms with Crippen LogP contribution in [0.15, 0.2) is 72.8 Å². The maximum Gasteiger partial charge on any atom is 0.255 e. The third-order valence-electron chi connectivity index (χ3n) is 4.24. The molecule has 0 aliphatic heterocycles. The minimum Gasteiger partial charge on any atom is -0.322 e. The molecule has 0 unspecified atom stereocenters. The summed E-state index contributed by atoms with van der Waals surface area (Å²) in [6, 6.07) is 22.3. The number of thiazole rings is 1. The number of benzene rings is 3. The maximum absolute atomic E-state index is 12.4. The van der Waals surface area contributed by atoms with Crippen LogP contribution in [0.2, 0.25) is 0 Å². The molecule has 0 saturated heterocycles. The molecule has 1 heterocycles. The summed E-state index contributed by atoms with van der Waals surface area (Å²) < 4.78 is 1.15. The number of rotatable bonds is 4. The lowest BCUT2D eigenvalue weighted by Crippen LogP contribution is -2.11. The lowest BCUT2D eigenvalue weighted by Gasteiger charge is -2.06. The van der Waals surface area contributed by atoms with Crippen molar-refractivity contribution in [2.24, 2.45) is 0 Å². The minimum atomic E-state index is -0.210. The van der Waals surface area contributed by atoms with Gasteiger partial charge in [0.2, 0.25) is 0 Å². The van der Waals surface area contributed by atoms with Crippen molar-refractivity contribution in [1.82, 2.24) is 4.98 Å². The first-order valence-electron chi connectivity index (χ1n) is 8.48.